The minimum absolute atomic E-state index is 0.00226. The summed E-state index contributed by atoms with van der Waals surface area (Å²) in [5.74, 6) is 1.12. The van der Waals surface area contributed by atoms with Crippen molar-refractivity contribution in [1.29, 1.82) is 0 Å². The number of nitrogens with one attached hydrogen (secondary N) is 1. The van der Waals surface area contributed by atoms with Gasteiger partial charge in [0.1, 0.15) is 152 Å². The normalized spacial score (nSPS) is 53.3. The predicted molar refractivity (Wildman–Crippen MR) is 346 cm³/mol. The van der Waals surface area contributed by atoms with Gasteiger partial charge in [-0.15, -0.1) is 5.10 Å². The molecule has 0 unspecified atom stereocenters. The van der Waals surface area contributed by atoms with Crippen molar-refractivity contribution >= 4 is 5.91 Å². The van der Waals surface area contributed by atoms with E-state index in [-0.39, 0.29) is 63.7 Å². The molecule has 0 aromatic carbocycles. The maximum Gasteiger partial charge on any atom is 0.226 e. The summed E-state index contributed by atoms with van der Waals surface area (Å²) in [7, 11) is 0. The highest BCUT2D eigenvalue weighted by molar-refractivity contribution is 5.84. The fourth-order valence-electron chi connectivity index (χ4n) is 21.5. The van der Waals surface area contributed by atoms with Gasteiger partial charge in [0.25, 0.3) is 0 Å². The lowest BCUT2D eigenvalue weighted by atomic mass is 9.32. The Hall–Kier alpha value is -2.85. The van der Waals surface area contributed by atoms with E-state index in [9.17, 15) is 91.9 Å². The van der Waals surface area contributed by atoms with Crippen molar-refractivity contribution in [2.45, 2.75) is 309 Å². The summed E-state index contributed by atoms with van der Waals surface area (Å²) in [6.45, 7) is 12.9. The Morgan fingerprint density at radius 1 is 0.462 bits per heavy atom. The second-order valence-electron chi connectivity index (χ2n) is 33.0. The highest BCUT2D eigenvalue weighted by Gasteiger charge is 2.72. The molecule has 22 saturated heterocycles. The Morgan fingerprint density at radius 2 is 0.846 bits per heavy atom. The van der Waals surface area contributed by atoms with Gasteiger partial charge < -0.3 is 154 Å². The molecule has 35 heteroatoms. The van der Waals surface area contributed by atoms with Crippen molar-refractivity contribution in [3.05, 3.63) is 24.0 Å². The molecule has 19 N–H and O–H groups in total. The van der Waals surface area contributed by atoms with Crippen LogP contribution in [0.3, 0.4) is 0 Å². The summed E-state index contributed by atoms with van der Waals surface area (Å²) in [6, 6.07) is 0. The van der Waals surface area contributed by atoms with Gasteiger partial charge >= 0.3 is 0 Å². The highest BCUT2D eigenvalue weighted by Crippen LogP contribution is 2.77. The second kappa shape index (κ2) is 30.3. The molecule has 5 aliphatic carbocycles. The van der Waals surface area contributed by atoms with Crippen LogP contribution in [0.4, 0.5) is 0 Å². The Kier molecular flexibility index (Phi) is 23.1. The van der Waals surface area contributed by atoms with Gasteiger partial charge in [0.2, 0.25) is 5.91 Å². The van der Waals surface area contributed by atoms with Crippen LogP contribution in [0, 0.1) is 56.7 Å². The molecule has 27 aliphatic rings. The molecule has 1 aromatic heterocycles. The maximum atomic E-state index is 15.3. The van der Waals surface area contributed by atoms with E-state index in [4.69, 9.17) is 56.8 Å². The molecule has 12 bridgehead atoms. The smallest absolute Gasteiger partial charge is 0.226 e. The molecule has 104 heavy (non-hydrogen) atoms. The van der Waals surface area contributed by atoms with E-state index in [1.807, 2.05) is 0 Å². The van der Waals surface area contributed by atoms with E-state index >= 15 is 4.79 Å². The van der Waals surface area contributed by atoms with Crippen LogP contribution in [-0.4, -0.2) is 336 Å². The molecule has 1 amide bonds. The summed E-state index contributed by atoms with van der Waals surface area (Å²) >= 11 is 0. The van der Waals surface area contributed by atoms with Crippen LogP contribution in [0.5, 0.6) is 0 Å². The van der Waals surface area contributed by atoms with Gasteiger partial charge in [0, 0.05) is 0 Å². The predicted octanol–water partition coefficient (Wildman–Crippen LogP) is -6.12. The molecule has 5 saturated carbocycles. The number of carbonyl (C=O) groups excluding carboxylic acids is 1. The third kappa shape index (κ3) is 13.3. The van der Waals surface area contributed by atoms with Gasteiger partial charge in [-0.1, -0.05) is 52.0 Å². The number of rotatable bonds is 11. The van der Waals surface area contributed by atoms with Crippen molar-refractivity contribution in [3.63, 3.8) is 0 Å². The average Bonchev–Trinajstić information content (AvgIpc) is 1.36. The van der Waals surface area contributed by atoms with Crippen LogP contribution in [0.1, 0.15) is 111 Å². The lowest BCUT2D eigenvalue weighted by molar-refractivity contribution is -0.403. The minimum Gasteiger partial charge on any atom is -0.394 e. The first-order valence-electron chi connectivity index (χ1n) is 36.8. The van der Waals surface area contributed by atoms with Crippen LogP contribution in [0.15, 0.2) is 18.3 Å². The standard InChI is InChI=1S/C69H110N4O31/c1-26(2)28-10-15-69(17-16-67(6)29(39(28)69)8-9-37-66(5)13-12-38(79)65(3,4)36(66)11-14-68(37,67)7)64(92)70-18-27-19-73(72-71-27)20-30-52-40(80)46(86)58(93-30)100-53-31(21-74)95-60(48(88)42(53)82)102-55-33(23-76)97-62(50(90)44(55)84)104-57-35(25-78)98-63(51(91)45(57)85)103-56-34(24-77)96-61(49(89)43(56)83)101-54-32(22-75)94-59(99-52)47(87)41(54)81/h19,28-63,74-91H,1,8-18,20-25H2,2-7H3,(H,70,92)/t28-,29+,30+,31+,32+,33+,34+,35+,36-,37+,38-,39+,40+,41+,42+,43+,44+,45+,46+,47+,48+,49+,50+,51+,52+,53+,54+,55+,56+,57+,58+,59+,60+,61+,62+,63+,66-,67+,68+,69-/m0/s1. The Balaban J connectivity index is 0.762. The molecule has 0 spiro atoms. The van der Waals surface area contributed by atoms with E-state index in [1.54, 1.807) is 0 Å². The van der Waals surface area contributed by atoms with Gasteiger partial charge in [-0.3, -0.25) is 4.79 Å². The van der Waals surface area contributed by atoms with Crippen molar-refractivity contribution in [3.8, 4) is 0 Å². The van der Waals surface area contributed by atoms with Gasteiger partial charge in [0.05, 0.1) is 63.8 Å². The number of fused-ring (bicyclic) bond motifs is 7. The van der Waals surface area contributed by atoms with E-state index in [2.05, 4.69) is 63.8 Å². The highest BCUT2D eigenvalue weighted by atomic mass is 16.8. The van der Waals surface area contributed by atoms with Crippen LogP contribution in [0.2, 0.25) is 0 Å². The Morgan fingerprint density at radius 3 is 1.23 bits per heavy atom. The number of aromatic nitrogens is 3. The molecular formula is C69H110N4O31. The van der Waals surface area contributed by atoms with E-state index in [1.165, 1.54) is 10.9 Å². The SMILES string of the molecule is C=C(C)[C@@H]1CC[C@]2(C(=O)NCc3cn(C[C@H]4O[C@@H]5O[C@H]6[C@H](O)[C@@H](O)[C@@H](O[C@H]7[C@H](O)[C@@H](O)[C@@H](O[C@H]8[C@H](O)[C@@H](O)[C@@H](O[C@H]9[C@H](O)[C@@H](O)[C@@H](O[C@H]%10[C@H](O)[C@@H](O)[C@@H](O[C@H]4[C@H](O)[C@H]5O)O[C@@H]%10CO)O[C@@H]9CO)O[C@@H]8CO)O[C@@H]7CO)O[C@@H]6CO)nn3)CC[C@]3(C)[C@H](CC[C@@H]4[C@@]5(C)CC[C@H](O)C(C)(C)[C@@H]5CC[C@]43C)[C@@H]12. The van der Waals surface area contributed by atoms with Crippen molar-refractivity contribution < 1.29 is 154 Å². The molecule has 22 aliphatic heterocycles. The number of nitrogens with zero attached hydrogens (tertiary/aromatic N) is 3. The number of aliphatic hydroxyl groups is 18. The van der Waals surface area contributed by atoms with Crippen molar-refractivity contribution in [1.82, 2.24) is 20.3 Å². The number of hydrogen-bond donors (Lipinski definition) is 19. The number of allylic oxidation sites excluding steroid dienone is 1. The summed E-state index contributed by atoms with van der Waals surface area (Å²) < 4.78 is 72.5. The first kappa shape index (κ1) is 79.2. The quantitative estimate of drug-likeness (QED) is 0.0917. The molecule has 1 aromatic rings. The number of ether oxygens (including phenoxy) is 12. The van der Waals surface area contributed by atoms with Crippen LogP contribution < -0.4 is 5.32 Å². The summed E-state index contributed by atoms with van der Waals surface area (Å²) in [5, 5.41) is 217. The van der Waals surface area contributed by atoms with Crippen LogP contribution in [-0.2, 0) is 74.7 Å². The molecule has 40 atom stereocenters. The molecule has 0 radical (unpaired) electrons. The largest absolute Gasteiger partial charge is 0.394 e. The Bertz CT molecular complexity index is 3120. The molecule has 28 rings (SSSR count). The molecule has 35 nitrogen and oxygen atoms in total. The Labute approximate surface area is 600 Å². The molecule has 23 heterocycles. The second-order valence-corrected chi connectivity index (χ2v) is 33.0. The summed E-state index contributed by atoms with van der Waals surface area (Å²) in [5.41, 5.74) is 0.411. The van der Waals surface area contributed by atoms with Crippen molar-refractivity contribution in [2.24, 2.45) is 56.7 Å². The third-order valence-electron chi connectivity index (χ3n) is 27.4. The van der Waals surface area contributed by atoms with Crippen LogP contribution in [0.25, 0.3) is 0 Å². The summed E-state index contributed by atoms with van der Waals surface area (Å²) in [4.78, 5) is 15.3. The van der Waals surface area contributed by atoms with E-state index < -0.39 is 229 Å². The third-order valence-corrected chi connectivity index (χ3v) is 27.4. The maximum absolute atomic E-state index is 15.3. The summed E-state index contributed by atoms with van der Waals surface area (Å²) in [6.07, 6.45) is -49.6. The zero-order chi connectivity index (χ0) is 74.9. The molecular weight excluding hydrogens is 1380 g/mol. The lowest BCUT2D eigenvalue weighted by Gasteiger charge is -2.72. The number of amides is 1. The van der Waals surface area contributed by atoms with Crippen molar-refractivity contribution in [2.75, 3.05) is 33.0 Å². The van der Waals surface area contributed by atoms with Gasteiger partial charge in [-0.2, -0.15) is 0 Å². The number of aliphatic hydroxyl groups excluding tert-OH is 18. The molecule has 592 valence electrons. The zero-order valence-electron chi connectivity index (χ0n) is 59.3. The van der Waals surface area contributed by atoms with Gasteiger partial charge in [0.15, 0.2) is 37.7 Å². The van der Waals surface area contributed by atoms with Gasteiger partial charge in [-0.25, -0.2) is 4.68 Å². The van der Waals surface area contributed by atoms with Gasteiger partial charge in [-0.05, 0) is 122 Å². The zero-order valence-corrected chi connectivity index (χ0v) is 59.3. The minimum atomic E-state index is -2.21. The van der Waals surface area contributed by atoms with Crippen LogP contribution >= 0.6 is 0 Å². The topological polar surface area (TPSA) is 535 Å². The first-order valence-corrected chi connectivity index (χ1v) is 36.8. The average molecular weight is 1490 g/mol. The number of hydrogen-bond acceptors (Lipinski definition) is 33. The van der Waals surface area contributed by atoms with E-state index in [0.717, 1.165) is 56.9 Å². The first-order chi connectivity index (χ1) is 49.2. The molecule has 27 fully saturated rings. The fraction of sp³-hybridized carbons (Fsp3) is 0.928. The number of carbonyl (C=O) groups is 1. The fourth-order valence-corrected chi connectivity index (χ4v) is 21.5. The lowest BCUT2D eigenvalue weighted by Crippen LogP contribution is -2.69. The van der Waals surface area contributed by atoms with E-state index in [0.29, 0.717) is 24.7 Å². The monoisotopic (exact) mass is 1490 g/mol.